The zero-order valence-corrected chi connectivity index (χ0v) is 20.1. The van der Waals surface area contributed by atoms with Gasteiger partial charge < -0.3 is 14.6 Å². The van der Waals surface area contributed by atoms with Gasteiger partial charge in [0.1, 0.15) is 12.3 Å². The SMILES string of the molecule is COc1cccc(CNC(=O)Cn2c(=O)c3c(ncn3CC(C)C)n(Cc3ccccc3)c2=O)c1. The van der Waals surface area contributed by atoms with Crippen LogP contribution in [0.15, 0.2) is 70.5 Å². The molecule has 0 saturated heterocycles. The Morgan fingerprint density at radius 3 is 2.49 bits per heavy atom. The van der Waals surface area contributed by atoms with E-state index in [9.17, 15) is 14.4 Å². The molecule has 0 bridgehead atoms. The van der Waals surface area contributed by atoms with Crippen molar-refractivity contribution in [3.63, 3.8) is 0 Å². The zero-order chi connectivity index (χ0) is 24.9. The second-order valence-electron chi connectivity index (χ2n) is 8.84. The number of aromatic nitrogens is 4. The molecule has 35 heavy (non-hydrogen) atoms. The van der Waals surface area contributed by atoms with E-state index in [2.05, 4.69) is 10.3 Å². The largest absolute Gasteiger partial charge is 0.497 e. The number of ether oxygens (including phenoxy) is 1. The Kier molecular flexibility index (Phi) is 7.14. The number of hydrogen-bond donors (Lipinski definition) is 1. The summed E-state index contributed by atoms with van der Waals surface area (Å²) in [5.74, 6) is 0.508. The molecule has 0 radical (unpaired) electrons. The third kappa shape index (κ3) is 5.34. The van der Waals surface area contributed by atoms with Crippen LogP contribution in [0.5, 0.6) is 5.75 Å². The number of imidazole rings is 1. The third-order valence-electron chi connectivity index (χ3n) is 5.65. The number of fused-ring (bicyclic) bond motifs is 1. The van der Waals surface area contributed by atoms with Crippen LogP contribution in [0.2, 0.25) is 0 Å². The van der Waals surface area contributed by atoms with Gasteiger partial charge in [-0.2, -0.15) is 0 Å². The van der Waals surface area contributed by atoms with Gasteiger partial charge in [-0.25, -0.2) is 14.3 Å². The van der Waals surface area contributed by atoms with Gasteiger partial charge in [-0.15, -0.1) is 0 Å². The van der Waals surface area contributed by atoms with E-state index in [0.29, 0.717) is 23.5 Å². The Morgan fingerprint density at radius 2 is 1.77 bits per heavy atom. The predicted molar refractivity (Wildman–Crippen MR) is 133 cm³/mol. The van der Waals surface area contributed by atoms with Crippen LogP contribution in [0.25, 0.3) is 11.2 Å². The first-order valence-electron chi connectivity index (χ1n) is 11.5. The molecule has 4 aromatic rings. The van der Waals surface area contributed by atoms with E-state index in [1.165, 1.54) is 4.57 Å². The van der Waals surface area contributed by atoms with Crippen LogP contribution in [0.4, 0.5) is 0 Å². The quantitative estimate of drug-likeness (QED) is 0.401. The van der Waals surface area contributed by atoms with E-state index in [1.54, 1.807) is 18.0 Å². The average molecular weight is 476 g/mol. The van der Waals surface area contributed by atoms with Crippen molar-refractivity contribution >= 4 is 17.1 Å². The molecule has 0 unspecified atom stereocenters. The molecule has 182 valence electrons. The first-order valence-corrected chi connectivity index (χ1v) is 11.5. The fourth-order valence-corrected chi connectivity index (χ4v) is 4.00. The van der Waals surface area contributed by atoms with Crippen molar-refractivity contribution in [1.29, 1.82) is 0 Å². The number of amides is 1. The average Bonchev–Trinajstić information content (AvgIpc) is 3.26. The summed E-state index contributed by atoms with van der Waals surface area (Å²) >= 11 is 0. The van der Waals surface area contributed by atoms with Crippen LogP contribution < -0.4 is 21.3 Å². The molecule has 1 amide bonds. The number of carbonyl (C=O) groups is 1. The summed E-state index contributed by atoms with van der Waals surface area (Å²) in [7, 11) is 1.57. The minimum absolute atomic E-state index is 0.237. The van der Waals surface area contributed by atoms with E-state index >= 15 is 0 Å². The molecule has 0 aliphatic carbocycles. The van der Waals surface area contributed by atoms with Crippen LogP contribution >= 0.6 is 0 Å². The number of nitrogens with one attached hydrogen (secondary N) is 1. The van der Waals surface area contributed by atoms with Crippen molar-refractivity contribution in [2.75, 3.05) is 7.11 Å². The third-order valence-corrected chi connectivity index (χ3v) is 5.65. The molecule has 1 N–H and O–H groups in total. The molecule has 9 heteroatoms. The maximum absolute atomic E-state index is 13.4. The van der Waals surface area contributed by atoms with Gasteiger partial charge in [0.15, 0.2) is 11.2 Å². The van der Waals surface area contributed by atoms with Gasteiger partial charge in [-0.1, -0.05) is 56.3 Å². The van der Waals surface area contributed by atoms with Gasteiger partial charge in [0.05, 0.1) is 20.0 Å². The lowest BCUT2D eigenvalue weighted by molar-refractivity contribution is -0.121. The highest BCUT2D eigenvalue weighted by molar-refractivity contribution is 5.76. The summed E-state index contributed by atoms with van der Waals surface area (Å²) in [4.78, 5) is 44.0. The maximum atomic E-state index is 13.4. The van der Waals surface area contributed by atoms with Crippen LogP contribution in [-0.2, 0) is 31.0 Å². The molecule has 0 atom stereocenters. The summed E-state index contributed by atoms with van der Waals surface area (Å²) in [5.41, 5.74) is 1.27. The first-order chi connectivity index (χ1) is 16.9. The van der Waals surface area contributed by atoms with Gasteiger partial charge in [0.2, 0.25) is 5.91 Å². The molecule has 9 nitrogen and oxygen atoms in total. The lowest BCUT2D eigenvalue weighted by Crippen LogP contribution is -2.44. The van der Waals surface area contributed by atoms with Crippen molar-refractivity contribution in [3.8, 4) is 5.75 Å². The highest BCUT2D eigenvalue weighted by Crippen LogP contribution is 2.13. The topological polar surface area (TPSA) is 100 Å². The number of nitrogens with zero attached hydrogens (tertiary/aromatic N) is 4. The van der Waals surface area contributed by atoms with E-state index in [1.807, 2.05) is 68.4 Å². The first kappa shape index (κ1) is 24.0. The summed E-state index contributed by atoms with van der Waals surface area (Å²) in [6, 6.07) is 16.8. The Hall–Kier alpha value is -4.14. The standard InChI is InChI=1S/C26H29N5O4/c1-18(2)14-29-17-28-24-23(29)25(33)31(26(34)30(24)15-19-8-5-4-6-9-19)16-22(32)27-13-20-10-7-11-21(12-20)35-3/h4-12,17-18H,13-16H2,1-3H3,(H,27,32). The van der Waals surface area contributed by atoms with Gasteiger partial charge in [0, 0.05) is 13.1 Å². The lowest BCUT2D eigenvalue weighted by Gasteiger charge is -2.14. The van der Waals surface area contributed by atoms with E-state index in [4.69, 9.17) is 4.74 Å². The molecule has 2 aromatic heterocycles. The highest BCUT2D eigenvalue weighted by Gasteiger charge is 2.20. The second kappa shape index (κ2) is 10.4. The minimum atomic E-state index is -0.572. The molecule has 2 aromatic carbocycles. The van der Waals surface area contributed by atoms with Gasteiger partial charge in [-0.05, 0) is 29.2 Å². The minimum Gasteiger partial charge on any atom is -0.497 e. The van der Waals surface area contributed by atoms with Crippen LogP contribution in [0.1, 0.15) is 25.0 Å². The van der Waals surface area contributed by atoms with Gasteiger partial charge >= 0.3 is 5.69 Å². The van der Waals surface area contributed by atoms with E-state index in [-0.39, 0.29) is 25.6 Å². The van der Waals surface area contributed by atoms with E-state index in [0.717, 1.165) is 15.7 Å². The molecular formula is C26H29N5O4. The fraction of sp³-hybridized carbons (Fsp3) is 0.308. The second-order valence-corrected chi connectivity index (χ2v) is 8.84. The monoisotopic (exact) mass is 475 g/mol. The van der Waals surface area contributed by atoms with Crippen molar-refractivity contribution in [3.05, 3.63) is 92.9 Å². The van der Waals surface area contributed by atoms with Crippen molar-refractivity contribution in [1.82, 2.24) is 24.0 Å². The lowest BCUT2D eigenvalue weighted by atomic mass is 10.2. The number of hydrogen-bond acceptors (Lipinski definition) is 5. The summed E-state index contributed by atoms with van der Waals surface area (Å²) < 4.78 is 9.42. The highest BCUT2D eigenvalue weighted by atomic mass is 16.5. The molecule has 0 saturated carbocycles. The van der Waals surface area contributed by atoms with E-state index < -0.39 is 17.2 Å². The Morgan fingerprint density at radius 1 is 1.03 bits per heavy atom. The predicted octanol–water partition coefficient (Wildman–Crippen LogP) is 2.39. The van der Waals surface area contributed by atoms with Crippen LogP contribution in [0.3, 0.4) is 0 Å². The Balaban J connectivity index is 1.69. The molecular weight excluding hydrogens is 446 g/mol. The van der Waals surface area contributed by atoms with Gasteiger partial charge in [-0.3, -0.25) is 14.2 Å². The van der Waals surface area contributed by atoms with Gasteiger partial charge in [0.25, 0.3) is 5.56 Å². The zero-order valence-electron chi connectivity index (χ0n) is 20.1. The van der Waals surface area contributed by atoms with Crippen LogP contribution in [0, 0.1) is 5.92 Å². The number of methoxy groups -OCH3 is 1. The maximum Gasteiger partial charge on any atom is 0.333 e. The van der Waals surface area contributed by atoms with Crippen molar-refractivity contribution < 1.29 is 9.53 Å². The Labute approximate surface area is 202 Å². The molecule has 0 aliphatic heterocycles. The normalized spacial score (nSPS) is 11.2. The molecule has 4 rings (SSSR count). The molecule has 0 fully saturated rings. The summed E-state index contributed by atoms with van der Waals surface area (Å²) in [6.07, 6.45) is 1.58. The number of rotatable bonds is 9. The van der Waals surface area contributed by atoms with Crippen molar-refractivity contribution in [2.45, 2.75) is 40.0 Å². The fourth-order valence-electron chi connectivity index (χ4n) is 4.00. The molecule has 0 spiro atoms. The summed E-state index contributed by atoms with van der Waals surface area (Å²) in [6.45, 7) is 4.74. The van der Waals surface area contributed by atoms with Crippen molar-refractivity contribution in [2.24, 2.45) is 5.92 Å². The summed E-state index contributed by atoms with van der Waals surface area (Å²) in [5, 5.41) is 2.79. The number of carbonyl (C=O) groups excluding carboxylic acids is 1. The molecule has 0 aliphatic rings. The molecule has 2 heterocycles. The Bertz CT molecular complexity index is 1450. The van der Waals surface area contributed by atoms with Crippen LogP contribution in [-0.4, -0.2) is 31.7 Å². The number of benzene rings is 2. The smallest absolute Gasteiger partial charge is 0.333 e.